The van der Waals surface area contributed by atoms with Crippen molar-refractivity contribution < 1.29 is 29.2 Å². The molecular weight excluding hydrogens is 474 g/mol. The molecule has 1 aliphatic carbocycles. The van der Waals surface area contributed by atoms with E-state index in [1.807, 2.05) is 63.2 Å². The van der Waals surface area contributed by atoms with Crippen LogP contribution in [0.25, 0.3) is 10.8 Å². The van der Waals surface area contributed by atoms with Gasteiger partial charge < -0.3 is 10.1 Å². The molecule has 0 heterocycles. The van der Waals surface area contributed by atoms with Crippen molar-refractivity contribution in [3.63, 3.8) is 0 Å². The first kappa shape index (κ1) is 28.6. The van der Waals surface area contributed by atoms with Gasteiger partial charge >= 0.3 is 0 Å². The van der Waals surface area contributed by atoms with Crippen LogP contribution < -0.4 is 16.3 Å². The van der Waals surface area contributed by atoms with Gasteiger partial charge in [0.05, 0.1) is 19.1 Å². The van der Waals surface area contributed by atoms with Crippen LogP contribution in [0.4, 0.5) is 0 Å². The molecule has 0 spiro atoms. The van der Waals surface area contributed by atoms with Gasteiger partial charge in [0.1, 0.15) is 6.04 Å². The minimum atomic E-state index is -1.24. The smallest absolute Gasteiger partial charge is 0.273 e. The first-order valence-electron chi connectivity index (χ1n) is 12.8. The summed E-state index contributed by atoms with van der Waals surface area (Å²) in [6.45, 7) is 5.46. The van der Waals surface area contributed by atoms with Crippen LogP contribution in [-0.4, -0.2) is 48.3 Å². The molecule has 0 aliphatic heterocycles. The van der Waals surface area contributed by atoms with Gasteiger partial charge in [-0.25, -0.2) is 11.0 Å². The van der Waals surface area contributed by atoms with Gasteiger partial charge in [0.2, 0.25) is 5.91 Å². The molecule has 9 heteroatoms. The third-order valence-electron chi connectivity index (χ3n) is 6.85. The van der Waals surface area contributed by atoms with Crippen LogP contribution >= 0.6 is 0 Å². The number of carbonyl (C=O) groups is 3. The zero-order valence-electron chi connectivity index (χ0n) is 22.1. The molecule has 0 saturated heterocycles. The summed E-state index contributed by atoms with van der Waals surface area (Å²) >= 11 is 0. The van der Waals surface area contributed by atoms with Gasteiger partial charge in [0.15, 0.2) is 6.10 Å². The summed E-state index contributed by atoms with van der Waals surface area (Å²) in [7, 11) is 1.32. The predicted octanol–water partition coefficient (Wildman–Crippen LogP) is 3.43. The summed E-state index contributed by atoms with van der Waals surface area (Å²) in [4.78, 5) is 44.2. The predicted molar refractivity (Wildman–Crippen MR) is 139 cm³/mol. The molecule has 0 aromatic heterocycles. The van der Waals surface area contributed by atoms with E-state index >= 15 is 0 Å². The Labute approximate surface area is 218 Å². The Hall–Kier alpha value is -3.01. The maximum absolute atomic E-state index is 13.8. The molecule has 2 aromatic carbocycles. The molecule has 4 N–H and O–H groups in total. The number of amides is 3. The molecule has 202 valence electrons. The Morgan fingerprint density at radius 3 is 2.27 bits per heavy atom. The minimum Gasteiger partial charge on any atom is -0.364 e. The lowest BCUT2D eigenvalue weighted by atomic mass is 9.84. The zero-order chi connectivity index (χ0) is 27.0. The van der Waals surface area contributed by atoms with E-state index in [0.29, 0.717) is 0 Å². The fourth-order valence-electron chi connectivity index (χ4n) is 4.85. The number of hydrogen-bond donors (Lipinski definition) is 4. The van der Waals surface area contributed by atoms with Crippen LogP contribution in [0.3, 0.4) is 0 Å². The maximum Gasteiger partial charge on any atom is 0.273 e. The van der Waals surface area contributed by atoms with Crippen molar-refractivity contribution in [3.05, 3.63) is 48.0 Å². The molecule has 0 bridgehead atoms. The van der Waals surface area contributed by atoms with E-state index in [-0.39, 0.29) is 12.5 Å². The summed E-state index contributed by atoms with van der Waals surface area (Å²) < 4.78 is 6.20. The largest absolute Gasteiger partial charge is 0.364 e. The number of hydrogen-bond acceptors (Lipinski definition) is 6. The van der Waals surface area contributed by atoms with Gasteiger partial charge in [-0.15, -0.1) is 0 Å². The third kappa shape index (κ3) is 7.74. The second-order valence-corrected chi connectivity index (χ2v) is 10.8. The van der Waals surface area contributed by atoms with Crippen molar-refractivity contribution in [1.29, 1.82) is 0 Å². The molecule has 2 aromatic rings. The van der Waals surface area contributed by atoms with E-state index in [0.717, 1.165) is 48.4 Å². The standard InChI is InChI=1S/C28H39N3O6/c1-28(2,3)24(27(34)31-36-4)29-25(32)22(17-18-14-15-19-10-8-9-11-20(19)16-18)23(26(33)30-35)37-21-12-6-5-7-13-21/h8-11,14-16,21-24,35H,5-7,12-13,17H2,1-4H3,(H,29,32)(H,30,33)(H,31,34). The summed E-state index contributed by atoms with van der Waals surface area (Å²) in [5.74, 6) is -2.83. The molecule has 3 rings (SSSR count). The molecular formula is C28H39N3O6. The lowest BCUT2D eigenvalue weighted by Gasteiger charge is -2.34. The molecule has 3 amide bonds. The van der Waals surface area contributed by atoms with Crippen molar-refractivity contribution >= 4 is 28.5 Å². The quantitative estimate of drug-likeness (QED) is 0.285. The maximum atomic E-state index is 13.8. The van der Waals surface area contributed by atoms with E-state index in [9.17, 15) is 19.6 Å². The third-order valence-corrected chi connectivity index (χ3v) is 6.85. The highest BCUT2D eigenvalue weighted by Gasteiger charge is 2.40. The van der Waals surface area contributed by atoms with E-state index < -0.39 is 41.2 Å². The Kier molecular flexibility index (Phi) is 10.0. The van der Waals surface area contributed by atoms with Crippen molar-refractivity contribution in [3.8, 4) is 0 Å². The first-order valence-corrected chi connectivity index (χ1v) is 12.8. The number of carbonyl (C=O) groups excluding carboxylic acids is 3. The fraction of sp³-hybridized carbons (Fsp3) is 0.536. The van der Waals surface area contributed by atoms with Gasteiger partial charge in [0.25, 0.3) is 11.8 Å². The van der Waals surface area contributed by atoms with Crippen molar-refractivity contribution in [2.75, 3.05) is 7.11 Å². The lowest BCUT2D eigenvalue weighted by molar-refractivity contribution is -0.157. The molecule has 1 saturated carbocycles. The Morgan fingerprint density at radius 1 is 0.973 bits per heavy atom. The highest BCUT2D eigenvalue weighted by molar-refractivity contribution is 5.93. The molecule has 0 radical (unpaired) electrons. The number of rotatable bonds is 10. The first-order chi connectivity index (χ1) is 17.6. The Morgan fingerprint density at radius 2 is 1.65 bits per heavy atom. The van der Waals surface area contributed by atoms with Gasteiger partial charge in [-0.2, -0.15) is 0 Å². The number of nitrogens with one attached hydrogen (secondary N) is 3. The average molecular weight is 514 g/mol. The van der Waals surface area contributed by atoms with Gasteiger partial charge in [-0.05, 0) is 41.0 Å². The lowest BCUT2D eigenvalue weighted by Crippen LogP contribution is -2.57. The van der Waals surface area contributed by atoms with Crippen LogP contribution in [0.15, 0.2) is 42.5 Å². The summed E-state index contributed by atoms with van der Waals surface area (Å²) in [5, 5.41) is 14.4. The Balaban J connectivity index is 1.96. The van der Waals surface area contributed by atoms with Crippen LogP contribution in [-0.2, 0) is 30.4 Å². The van der Waals surface area contributed by atoms with E-state index in [2.05, 4.69) is 10.8 Å². The van der Waals surface area contributed by atoms with Crippen LogP contribution in [0.5, 0.6) is 0 Å². The Bertz CT molecular complexity index is 1080. The molecule has 37 heavy (non-hydrogen) atoms. The number of fused-ring (bicyclic) bond motifs is 1. The van der Waals surface area contributed by atoms with Crippen LogP contribution in [0.1, 0.15) is 58.4 Å². The van der Waals surface area contributed by atoms with E-state index in [1.165, 1.54) is 7.11 Å². The highest BCUT2D eigenvalue weighted by atomic mass is 16.6. The van der Waals surface area contributed by atoms with Gasteiger partial charge in [-0.1, -0.05) is 82.5 Å². The topological polar surface area (TPSA) is 126 Å². The molecule has 1 aliphatic rings. The molecule has 9 nitrogen and oxygen atoms in total. The van der Waals surface area contributed by atoms with E-state index in [4.69, 9.17) is 9.57 Å². The van der Waals surface area contributed by atoms with Gasteiger partial charge in [-0.3, -0.25) is 24.4 Å². The van der Waals surface area contributed by atoms with E-state index in [1.54, 1.807) is 5.48 Å². The average Bonchev–Trinajstić information content (AvgIpc) is 2.88. The molecule has 3 unspecified atom stereocenters. The van der Waals surface area contributed by atoms with Crippen molar-refractivity contribution in [2.24, 2.45) is 11.3 Å². The molecule has 3 atom stereocenters. The normalized spacial score (nSPS) is 17.0. The number of ether oxygens (including phenoxy) is 1. The van der Waals surface area contributed by atoms with Gasteiger partial charge in [0, 0.05) is 0 Å². The number of hydroxylamine groups is 2. The molecule has 1 fully saturated rings. The van der Waals surface area contributed by atoms with Crippen molar-refractivity contribution in [1.82, 2.24) is 16.3 Å². The van der Waals surface area contributed by atoms with Crippen LogP contribution in [0, 0.1) is 11.3 Å². The summed E-state index contributed by atoms with van der Waals surface area (Å²) in [5.41, 5.74) is 4.16. The zero-order valence-corrected chi connectivity index (χ0v) is 22.1. The fourth-order valence-corrected chi connectivity index (χ4v) is 4.85. The number of benzene rings is 2. The van der Waals surface area contributed by atoms with Crippen molar-refractivity contribution in [2.45, 2.75) is 77.5 Å². The van der Waals surface area contributed by atoms with Crippen LogP contribution in [0.2, 0.25) is 0 Å². The second-order valence-electron chi connectivity index (χ2n) is 10.8. The highest BCUT2D eigenvalue weighted by Crippen LogP contribution is 2.27. The summed E-state index contributed by atoms with van der Waals surface area (Å²) in [6.07, 6.45) is 3.33. The SMILES string of the molecule is CONC(=O)C(NC(=O)C(Cc1ccc2ccccc2c1)C(OC1CCCCC1)C(=O)NO)C(C)(C)C. The monoisotopic (exact) mass is 513 g/mol. The minimum absolute atomic E-state index is 0.171. The second kappa shape index (κ2) is 13.0. The summed E-state index contributed by atoms with van der Waals surface area (Å²) in [6, 6.07) is 12.8.